The third kappa shape index (κ3) is 8.17. The van der Waals surface area contributed by atoms with Gasteiger partial charge in [0.25, 0.3) is 0 Å². The van der Waals surface area contributed by atoms with Crippen molar-refractivity contribution in [3.8, 4) is 11.1 Å². The molecule has 0 atom stereocenters. The van der Waals surface area contributed by atoms with Gasteiger partial charge in [-0.15, -0.1) is 0 Å². The Morgan fingerprint density at radius 2 is 1.65 bits per heavy atom. The molecular weight excluding hydrogens is 602 g/mol. The van der Waals surface area contributed by atoms with Crippen LogP contribution in [0.25, 0.3) is 17.2 Å². The minimum Gasteiger partial charge on any atom is -0.444 e. The minimum atomic E-state index is -3.82. The van der Waals surface area contributed by atoms with Gasteiger partial charge in [-0.05, 0) is 74.4 Å². The Morgan fingerprint density at radius 1 is 1.02 bits per heavy atom. The van der Waals surface area contributed by atoms with Crippen LogP contribution in [0.5, 0.6) is 0 Å². The van der Waals surface area contributed by atoms with Gasteiger partial charge in [-0.3, -0.25) is 4.79 Å². The summed E-state index contributed by atoms with van der Waals surface area (Å²) in [5.41, 5.74) is 9.57. The first-order valence-corrected chi connectivity index (χ1v) is 17.6. The lowest BCUT2D eigenvalue weighted by molar-refractivity contribution is -0.127. The number of hydrogen-bond acceptors (Lipinski definition) is 7. The number of nitrogens with two attached hydrogens (primary N) is 1. The summed E-state index contributed by atoms with van der Waals surface area (Å²) in [5, 5.41) is 0. The maximum Gasteiger partial charge on any atom is 0.410 e. The van der Waals surface area contributed by atoms with Crippen molar-refractivity contribution in [3.63, 3.8) is 0 Å². The van der Waals surface area contributed by atoms with Gasteiger partial charge in [0.05, 0.1) is 10.6 Å². The van der Waals surface area contributed by atoms with Gasteiger partial charge in [-0.25, -0.2) is 18.2 Å². The van der Waals surface area contributed by atoms with E-state index in [-0.39, 0.29) is 23.8 Å². The number of rotatable bonds is 11. The maximum absolute atomic E-state index is 13.9. The zero-order chi connectivity index (χ0) is 33.8. The lowest BCUT2D eigenvalue weighted by atomic mass is 9.99. The van der Waals surface area contributed by atoms with E-state index in [0.717, 1.165) is 30.4 Å². The number of nitrogens with zero attached hydrogens (tertiary/aromatic N) is 4. The van der Waals surface area contributed by atoms with Crippen LogP contribution in [-0.4, -0.2) is 79.2 Å². The molecule has 0 aliphatic carbocycles. The molecule has 2 aromatic carbocycles. The van der Waals surface area contributed by atoms with Crippen molar-refractivity contribution in [3.05, 3.63) is 53.1 Å². The van der Waals surface area contributed by atoms with Gasteiger partial charge in [-0.1, -0.05) is 51.5 Å². The molecule has 2 aromatic rings. The molecule has 2 amide bonds. The predicted molar refractivity (Wildman–Crippen MR) is 183 cm³/mol. The van der Waals surface area contributed by atoms with Crippen LogP contribution in [0.4, 0.5) is 10.5 Å². The molecule has 1 fully saturated rings. The summed E-state index contributed by atoms with van der Waals surface area (Å²) >= 11 is 0. The van der Waals surface area contributed by atoms with E-state index in [1.54, 1.807) is 40.0 Å². The fourth-order valence-electron chi connectivity index (χ4n) is 5.65. The van der Waals surface area contributed by atoms with E-state index >= 15 is 0 Å². The fraction of sp³-hybridized carbons (Fsp3) is 0.514. The molecule has 11 heteroatoms. The number of carbonyl (C=O) groups is 2. The average molecular weight is 652 g/mol. The number of fused-ring (bicyclic) bond motifs is 1. The maximum atomic E-state index is 13.9. The van der Waals surface area contributed by atoms with E-state index in [4.69, 9.17) is 10.5 Å². The number of amidine groups is 1. The third-order valence-electron chi connectivity index (χ3n) is 8.18. The highest BCUT2D eigenvalue weighted by molar-refractivity contribution is 7.89. The summed E-state index contributed by atoms with van der Waals surface area (Å²) in [4.78, 5) is 34.2. The molecule has 0 radical (unpaired) electrons. The number of amides is 2. The second-order valence-electron chi connectivity index (χ2n) is 13.3. The lowest BCUT2D eigenvalue weighted by Gasteiger charge is -2.38. The first-order chi connectivity index (χ1) is 21.7. The number of ether oxygens (including phenoxy) is 1. The largest absolute Gasteiger partial charge is 0.444 e. The molecule has 250 valence electrons. The topological polar surface area (TPSA) is 126 Å². The molecule has 2 aliphatic rings. The standard InChI is InChI=1S/C35H49N5O5S/c1-8-15-39(16-9-2)33(41)29-17-27-13-11-25(18-30(27)37-32(36)20-29)26-12-14-28(23-38(7)34(42)45-35(4,5)6)31(19-26)46(43,44)40-21-24(10-3)22-40/h11-14,17-19,24H,8-10,15-16,20-23H2,1-7H3,(H2,36,37). The minimum absolute atomic E-state index is 0.0307. The van der Waals surface area contributed by atoms with Gasteiger partial charge in [-0.2, -0.15) is 4.31 Å². The van der Waals surface area contributed by atoms with E-state index in [1.807, 2.05) is 35.2 Å². The Labute approximate surface area is 274 Å². The van der Waals surface area contributed by atoms with Crippen LogP contribution in [0.1, 0.15) is 78.4 Å². The molecular formula is C35H49N5O5S. The second-order valence-corrected chi connectivity index (χ2v) is 15.2. The van der Waals surface area contributed by atoms with Crippen molar-refractivity contribution in [1.29, 1.82) is 0 Å². The van der Waals surface area contributed by atoms with Crippen molar-refractivity contribution in [2.24, 2.45) is 16.6 Å². The molecule has 0 aromatic heterocycles. The number of sulfonamides is 1. The van der Waals surface area contributed by atoms with Crippen LogP contribution in [0.15, 0.2) is 51.9 Å². The van der Waals surface area contributed by atoms with Crippen LogP contribution in [0.3, 0.4) is 0 Å². The van der Waals surface area contributed by atoms with Gasteiger partial charge in [0, 0.05) is 57.3 Å². The van der Waals surface area contributed by atoms with Crippen LogP contribution in [-0.2, 0) is 26.1 Å². The smallest absolute Gasteiger partial charge is 0.410 e. The highest BCUT2D eigenvalue weighted by Crippen LogP contribution is 2.36. The van der Waals surface area contributed by atoms with Crippen LogP contribution < -0.4 is 5.73 Å². The molecule has 2 N–H and O–H groups in total. The van der Waals surface area contributed by atoms with Crippen LogP contribution in [0, 0.1) is 5.92 Å². The average Bonchev–Trinajstić information content (AvgIpc) is 3.12. The van der Waals surface area contributed by atoms with Crippen molar-refractivity contribution < 1.29 is 22.7 Å². The first-order valence-electron chi connectivity index (χ1n) is 16.2. The van der Waals surface area contributed by atoms with E-state index in [9.17, 15) is 18.0 Å². The molecule has 0 unspecified atom stereocenters. The van der Waals surface area contributed by atoms with Crippen LogP contribution in [0.2, 0.25) is 0 Å². The van der Waals surface area contributed by atoms with Crippen LogP contribution >= 0.6 is 0 Å². The number of hydrogen-bond donors (Lipinski definition) is 1. The molecule has 2 heterocycles. The third-order valence-corrected chi connectivity index (χ3v) is 10.1. The molecule has 0 spiro atoms. The Hall–Kier alpha value is -3.70. The first kappa shape index (κ1) is 35.2. The highest BCUT2D eigenvalue weighted by Gasteiger charge is 2.37. The van der Waals surface area contributed by atoms with Gasteiger partial charge in [0.2, 0.25) is 15.9 Å². The number of benzene rings is 2. The summed E-state index contributed by atoms with van der Waals surface area (Å²) in [7, 11) is -2.23. The SMILES string of the molecule is CCCN(CCC)C(=O)C1=Cc2ccc(-c3ccc(CN(C)C(=O)OC(C)(C)C)c(S(=O)(=O)N4CC(CC)C4)c3)cc2N=C(N)C1. The molecule has 10 nitrogen and oxygen atoms in total. The summed E-state index contributed by atoms with van der Waals surface area (Å²) in [6.07, 6.45) is 4.23. The molecule has 0 saturated carbocycles. The van der Waals surface area contributed by atoms with Gasteiger partial charge in [0.1, 0.15) is 11.4 Å². The molecule has 1 saturated heterocycles. The normalized spacial score (nSPS) is 15.6. The molecule has 46 heavy (non-hydrogen) atoms. The molecule has 0 bridgehead atoms. The van der Waals surface area contributed by atoms with Crippen molar-refractivity contribution in [2.45, 2.75) is 84.3 Å². The summed E-state index contributed by atoms with van der Waals surface area (Å²) < 4.78 is 34.9. The van der Waals surface area contributed by atoms with E-state index in [2.05, 4.69) is 25.8 Å². The number of carbonyl (C=O) groups excluding carboxylic acids is 2. The van der Waals surface area contributed by atoms with Gasteiger partial charge < -0.3 is 20.3 Å². The summed E-state index contributed by atoms with van der Waals surface area (Å²) in [5.74, 6) is 0.645. The Bertz CT molecular complexity index is 1610. The zero-order valence-corrected chi connectivity index (χ0v) is 29.1. The Kier molecular flexibility index (Phi) is 11.0. The summed E-state index contributed by atoms with van der Waals surface area (Å²) in [6.45, 7) is 13.9. The zero-order valence-electron chi connectivity index (χ0n) is 28.3. The lowest BCUT2D eigenvalue weighted by Crippen LogP contribution is -2.49. The van der Waals surface area contributed by atoms with Gasteiger partial charge >= 0.3 is 6.09 Å². The fourth-order valence-corrected chi connectivity index (χ4v) is 7.48. The van der Waals surface area contributed by atoms with Crippen molar-refractivity contribution in [1.82, 2.24) is 14.1 Å². The second kappa shape index (κ2) is 14.4. The van der Waals surface area contributed by atoms with E-state index in [1.165, 1.54) is 9.21 Å². The quantitative estimate of drug-likeness (QED) is 0.310. The Balaban J connectivity index is 1.72. The molecule has 4 rings (SSSR count). The monoisotopic (exact) mass is 651 g/mol. The van der Waals surface area contributed by atoms with Crippen molar-refractivity contribution in [2.75, 3.05) is 33.2 Å². The summed E-state index contributed by atoms with van der Waals surface area (Å²) in [6, 6.07) is 11.0. The molecule has 2 aliphatic heterocycles. The van der Waals surface area contributed by atoms with E-state index in [0.29, 0.717) is 60.3 Å². The van der Waals surface area contributed by atoms with Crippen molar-refractivity contribution >= 4 is 39.6 Å². The van der Waals surface area contributed by atoms with Gasteiger partial charge in [0.15, 0.2) is 0 Å². The predicted octanol–water partition coefficient (Wildman–Crippen LogP) is 6.18. The number of aliphatic imine (C=N–C) groups is 1. The van der Waals surface area contributed by atoms with E-state index < -0.39 is 21.7 Å². The highest BCUT2D eigenvalue weighted by atomic mass is 32.2. The Morgan fingerprint density at radius 3 is 2.26 bits per heavy atom.